The van der Waals surface area contributed by atoms with Gasteiger partial charge in [-0.05, 0) is 55.7 Å². The zero-order valence-electron chi connectivity index (χ0n) is 23.6. The summed E-state index contributed by atoms with van der Waals surface area (Å²) in [6, 6.07) is 21.4. The average molecular weight is 541 g/mol. The molecule has 40 heavy (non-hydrogen) atoms. The van der Waals surface area contributed by atoms with Crippen molar-refractivity contribution in [1.82, 2.24) is 9.55 Å². The number of hydrogen-bond acceptors (Lipinski definition) is 5. The Kier molecular flexibility index (Phi) is 8.16. The highest BCUT2D eigenvalue weighted by atomic mass is 16.5. The molecule has 0 bridgehead atoms. The Morgan fingerprint density at radius 2 is 1.88 bits per heavy atom. The second-order valence-corrected chi connectivity index (χ2v) is 10.0. The molecular weight excluding hydrogens is 504 g/mol. The van der Waals surface area contributed by atoms with E-state index < -0.39 is 0 Å². The van der Waals surface area contributed by atoms with E-state index in [1.165, 1.54) is 0 Å². The number of rotatable bonds is 10. The van der Waals surface area contributed by atoms with Crippen LogP contribution in [0.1, 0.15) is 43.1 Å². The molecule has 1 aromatic heterocycles. The van der Waals surface area contributed by atoms with Gasteiger partial charge in [0.25, 0.3) is 0 Å². The summed E-state index contributed by atoms with van der Waals surface area (Å²) in [5.74, 6) is 1.21. The summed E-state index contributed by atoms with van der Waals surface area (Å²) in [5, 5.41) is 0. The van der Waals surface area contributed by atoms with Crippen LogP contribution in [0.25, 0.3) is 11.0 Å². The van der Waals surface area contributed by atoms with E-state index in [0.717, 1.165) is 45.8 Å². The van der Waals surface area contributed by atoms with Gasteiger partial charge in [-0.1, -0.05) is 43.3 Å². The number of amides is 2. The van der Waals surface area contributed by atoms with Gasteiger partial charge in [0.1, 0.15) is 24.8 Å². The molecule has 8 heteroatoms. The molecule has 0 saturated carbocycles. The molecule has 2 heterocycles. The van der Waals surface area contributed by atoms with Crippen molar-refractivity contribution >= 4 is 34.2 Å². The highest BCUT2D eigenvalue weighted by molar-refractivity contribution is 5.97. The lowest BCUT2D eigenvalue weighted by Crippen LogP contribution is -2.37. The standard InChI is InChI=1S/C32H36N4O4/c1-5-23-12-9-11-22(3)31(23)36(21-40-6-2)30(38)20-35-28-16-8-7-15-27(28)33-32(35)24-17-29(37)34(19-24)25-13-10-14-26(18-25)39-4/h7-16,18,24H,5-6,17,19-21H2,1-4H3. The number of carbonyl (C=O) groups excluding carboxylic acids is 2. The molecule has 0 spiro atoms. The Hall–Kier alpha value is -4.17. The minimum absolute atomic E-state index is 0.0219. The Bertz CT molecular complexity index is 1530. The van der Waals surface area contributed by atoms with Crippen LogP contribution in [0.4, 0.5) is 11.4 Å². The normalized spacial score (nSPS) is 15.2. The predicted molar refractivity (Wildman–Crippen MR) is 157 cm³/mol. The monoisotopic (exact) mass is 540 g/mol. The molecule has 0 aliphatic carbocycles. The molecule has 1 unspecified atom stereocenters. The van der Waals surface area contributed by atoms with E-state index in [0.29, 0.717) is 25.3 Å². The molecular formula is C32H36N4O4. The van der Waals surface area contributed by atoms with Crippen molar-refractivity contribution in [3.05, 3.63) is 83.7 Å². The number of aryl methyl sites for hydroxylation is 2. The molecule has 0 N–H and O–H groups in total. The molecule has 0 radical (unpaired) electrons. The summed E-state index contributed by atoms with van der Waals surface area (Å²) in [6.45, 7) is 7.27. The molecule has 4 aromatic rings. The number of nitrogens with zero attached hydrogens (tertiary/aromatic N) is 4. The number of imidazole rings is 1. The van der Waals surface area contributed by atoms with E-state index in [1.807, 2.05) is 79.1 Å². The van der Waals surface area contributed by atoms with Gasteiger partial charge >= 0.3 is 0 Å². The zero-order valence-corrected chi connectivity index (χ0v) is 23.6. The lowest BCUT2D eigenvalue weighted by Gasteiger charge is -2.27. The SMILES string of the molecule is CCOCN(C(=O)Cn1c(C2CC(=O)N(c3cccc(OC)c3)C2)nc2ccccc21)c1c(C)cccc1CC. The van der Waals surface area contributed by atoms with E-state index in [9.17, 15) is 9.59 Å². The molecule has 5 rings (SSSR count). The number of hydrogen-bond donors (Lipinski definition) is 0. The first-order chi connectivity index (χ1) is 19.4. The minimum atomic E-state index is -0.163. The van der Waals surface area contributed by atoms with Crippen LogP contribution in [-0.4, -0.2) is 48.4 Å². The Morgan fingerprint density at radius 3 is 2.65 bits per heavy atom. The predicted octanol–water partition coefficient (Wildman–Crippen LogP) is 5.46. The molecule has 1 fully saturated rings. The second kappa shape index (κ2) is 11.9. The number of carbonyl (C=O) groups is 2. The summed E-state index contributed by atoms with van der Waals surface area (Å²) in [7, 11) is 1.61. The van der Waals surface area contributed by atoms with Gasteiger partial charge in [0, 0.05) is 37.2 Å². The largest absolute Gasteiger partial charge is 0.497 e. The molecule has 1 atom stereocenters. The third kappa shape index (κ3) is 5.31. The third-order valence-electron chi connectivity index (χ3n) is 7.53. The molecule has 3 aromatic carbocycles. The second-order valence-electron chi connectivity index (χ2n) is 10.0. The van der Waals surface area contributed by atoms with Gasteiger partial charge in [-0.25, -0.2) is 4.98 Å². The first-order valence-corrected chi connectivity index (χ1v) is 13.8. The van der Waals surface area contributed by atoms with Crippen LogP contribution in [0.3, 0.4) is 0 Å². The van der Waals surface area contributed by atoms with E-state index in [1.54, 1.807) is 16.9 Å². The van der Waals surface area contributed by atoms with E-state index in [4.69, 9.17) is 14.5 Å². The van der Waals surface area contributed by atoms with Crippen molar-refractivity contribution < 1.29 is 19.1 Å². The summed E-state index contributed by atoms with van der Waals surface area (Å²) >= 11 is 0. The minimum Gasteiger partial charge on any atom is -0.497 e. The number of anilines is 2. The maximum Gasteiger partial charge on any atom is 0.248 e. The maximum absolute atomic E-state index is 14.1. The van der Waals surface area contributed by atoms with Crippen LogP contribution in [0.5, 0.6) is 5.75 Å². The van der Waals surface area contributed by atoms with Crippen molar-refractivity contribution in [2.24, 2.45) is 0 Å². The summed E-state index contributed by atoms with van der Waals surface area (Å²) in [5.41, 5.74) is 5.49. The lowest BCUT2D eigenvalue weighted by atomic mass is 10.0. The van der Waals surface area contributed by atoms with E-state index >= 15 is 0 Å². The first kappa shape index (κ1) is 27.4. The maximum atomic E-state index is 14.1. The molecule has 1 aliphatic heterocycles. The number of fused-ring (bicyclic) bond motifs is 1. The summed E-state index contributed by atoms with van der Waals surface area (Å²) < 4.78 is 13.1. The smallest absolute Gasteiger partial charge is 0.248 e. The third-order valence-corrected chi connectivity index (χ3v) is 7.53. The Labute approximate surface area is 235 Å². The molecule has 2 amide bonds. The van der Waals surface area contributed by atoms with Crippen LogP contribution in [0, 0.1) is 6.92 Å². The first-order valence-electron chi connectivity index (χ1n) is 13.8. The highest BCUT2D eigenvalue weighted by Crippen LogP contribution is 2.35. The van der Waals surface area contributed by atoms with Crippen LogP contribution >= 0.6 is 0 Å². The number of methoxy groups -OCH3 is 1. The molecule has 208 valence electrons. The molecule has 1 aliphatic rings. The fraction of sp³-hybridized carbons (Fsp3) is 0.344. The van der Waals surface area contributed by atoms with Crippen molar-refractivity contribution in [1.29, 1.82) is 0 Å². The van der Waals surface area contributed by atoms with Crippen molar-refractivity contribution in [3.8, 4) is 5.75 Å². The van der Waals surface area contributed by atoms with Crippen molar-refractivity contribution in [2.75, 3.05) is 36.8 Å². The Balaban J connectivity index is 1.50. The van der Waals surface area contributed by atoms with Gasteiger partial charge in [0.15, 0.2) is 0 Å². The van der Waals surface area contributed by atoms with E-state index in [-0.39, 0.29) is 31.0 Å². The summed E-state index contributed by atoms with van der Waals surface area (Å²) in [6.07, 6.45) is 1.12. The van der Waals surface area contributed by atoms with Crippen LogP contribution in [0.2, 0.25) is 0 Å². The quantitative estimate of drug-likeness (QED) is 0.250. The topological polar surface area (TPSA) is 76.9 Å². The average Bonchev–Trinajstić information content (AvgIpc) is 3.54. The van der Waals surface area contributed by atoms with Gasteiger partial charge in [0.05, 0.1) is 23.8 Å². The fourth-order valence-electron chi connectivity index (χ4n) is 5.54. The van der Waals surface area contributed by atoms with Gasteiger partial charge in [0.2, 0.25) is 11.8 Å². The van der Waals surface area contributed by atoms with Crippen LogP contribution < -0.4 is 14.5 Å². The zero-order chi connectivity index (χ0) is 28.2. The molecule has 8 nitrogen and oxygen atoms in total. The van der Waals surface area contributed by atoms with Crippen LogP contribution in [0.15, 0.2) is 66.7 Å². The number of benzene rings is 3. The van der Waals surface area contributed by atoms with Crippen molar-refractivity contribution in [2.45, 2.75) is 46.1 Å². The Morgan fingerprint density at radius 1 is 1.07 bits per heavy atom. The number of ether oxygens (including phenoxy) is 2. The van der Waals surface area contributed by atoms with Gasteiger partial charge < -0.3 is 18.9 Å². The lowest BCUT2D eigenvalue weighted by molar-refractivity contribution is -0.120. The van der Waals surface area contributed by atoms with Gasteiger partial charge in [-0.2, -0.15) is 0 Å². The van der Waals surface area contributed by atoms with E-state index in [2.05, 4.69) is 13.0 Å². The van der Waals surface area contributed by atoms with Gasteiger partial charge in [-0.3, -0.25) is 14.5 Å². The highest BCUT2D eigenvalue weighted by Gasteiger charge is 2.35. The number of para-hydroxylation sites is 3. The summed E-state index contributed by atoms with van der Waals surface area (Å²) in [4.78, 5) is 35.7. The fourth-order valence-corrected chi connectivity index (χ4v) is 5.54. The molecule has 1 saturated heterocycles. The van der Waals surface area contributed by atoms with Crippen LogP contribution in [-0.2, 0) is 27.3 Å². The number of aromatic nitrogens is 2. The van der Waals surface area contributed by atoms with Gasteiger partial charge in [-0.15, -0.1) is 0 Å². The van der Waals surface area contributed by atoms with Crippen molar-refractivity contribution in [3.63, 3.8) is 0 Å².